The molecule has 1 atom stereocenters. The Morgan fingerprint density at radius 2 is 1.95 bits per heavy atom. The van der Waals surface area contributed by atoms with Crippen molar-refractivity contribution in [2.45, 2.75) is 25.3 Å². The smallest absolute Gasteiger partial charge is 0.250 e. The van der Waals surface area contributed by atoms with Crippen LogP contribution in [0, 0.1) is 0 Å². The highest BCUT2D eigenvalue weighted by molar-refractivity contribution is 6.44. The molecule has 1 unspecified atom stereocenters. The van der Waals surface area contributed by atoms with Crippen molar-refractivity contribution in [3.63, 3.8) is 0 Å². The molecule has 0 N–H and O–H groups in total. The molecule has 0 aliphatic carbocycles. The van der Waals surface area contributed by atoms with E-state index in [4.69, 9.17) is 23.2 Å². The molecule has 1 aromatic carbocycles. The molecule has 2 amide bonds. The summed E-state index contributed by atoms with van der Waals surface area (Å²) in [7, 11) is 0. The van der Waals surface area contributed by atoms with Gasteiger partial charge < -0.3 is 4.90 Å². The standard InChI is InChI=1S/C14H14Cl2N2O2/c15-9-4-3-6-10(13(9)16)18-8-12(19)17-7-2-1-5-11(17)14(18)20/h3-4,6,11H,1-2,5,7-8H2. The van der Waals surface area contributed by atoms with Crippen molar-refractivity contribution in [3.8, 4) is 0 Å². The van der Waals surface area contributed by atoms with E-state index in [1.54, 1.807) is 23.1 Å². The van der Waals surface area contributed by atoms with Crippen LogP contribution in [0.2, 0.25) is 10.0 Å². The molecule has 6 heteroatoms. The Morgan fingerprint density at radius 3 is 2.75 bits per heavy atom. The number of carbonyl (C=O) groups is 2. The van der Waals surface area contributed by atoms with Crippen molar-refractivity contribution in [3.05, 3.63) is 28.2 Å². The van der Waals surface area contributed by atoms with Crippen LogP contribution in [0.1, 0.15) is 19.3 Å². The van der Waals surface area contributed by atoms with Crippen molar-refractivity contribution in [1.82, 2.24) is 4.90 Å². The van der Waals surface area contributed by atoms with Gasteiger partial charge in [-0.25, -0.2) is 0 Å². The van der Waals surface area contributed by atoms with Crippen LogP contribution < -0.4 is 4.90 Å². The molecule has 0 aromatic heterocycles. The summed E-state index contributed by atoms with van der Waals surface area (Å²) in [5.74, 6) is -0.0844. The first-order valence-corrected chi connectivity index (χ1v) is 7.40. The van der Waals surface area contributed by atoms with Crippen LogP contribution in [0.5, 0.6) is 0 Å². The van der Waals surface area contributed by atoms with Gasteiger partial charge in [-0.15, -0.1) is 0 Å². The highest BCUT2D eigenvalue weighted by Crippen LogP contribution is 2.35. The largest absolute Gasteiger partial charge is 0.329 e. The number of hydrogen-bond donors (Lipinski definition) is 0. The van der Waals surface area contributed by atoms with E-state index < -0.39 is 0 Å². The fraction of sp³-hybridized carbons (Fsp3) is 0.429. The Bertz CT molecular complexity index is 576. The van der Waals surface area contributed by atoms with Gasteiger partial charge in [0, 0.05) is 6.54 Å². The van der Waals surface area contributed by atoms with Gasteiger partial charge in [0.15, 0.2) is 0 Å². The first-order valence-electron chi connectivity index (χ1n) is 6.64. The van der Waals surface area contributed by atoms with Gasteiger partial charge in [-0.1, -0.05) is 29.3 Å². The third kappa shape index (κ3) is 2.17. The molecule has 0 bridgehead atoms. The van der Waals surface area contributed by atoms with Crippen molar-refractivity contribution >= 4 is 40.7 Å². The third-order valence-corrected chi connectivity index (χ3v) is 4.70. The van der Waals surface area contributed by atoms with E-state index >= 15 is 0 Å². The minimum Gasteiger partial charge on any atom is -0.329 e. The van der Waals surface area contributed by atoms with Gasteiger partial charge in [0.2, 0.25) is 11.8 Å². The lowest BCUT2D eigenvalue weighted by molar-refractivity contribution is -0.144. The number of hydrogen-bond acceptors (Lipinski definition) is 2. The molecule has 20 heavy (non-hydrogen) atoms. The molecule has 0 radical (unpaired) electrons. The van der Waals surface area contributed by atoms with Crippen LogP contribution in [0.4, 0.5) is 5.69 Å². The molecular formula is C14H14Cl2N2O2. The minimum atomic E-state index is -0.347. The minimum absolute atomic E-state index is 0.0228. The number of rotatable bonds is 1. The zero-order chi connectivity index (χ0) is 14.3. The lowest BCUT2D eigenvalue weighted by Gasteiger charge is -2.42. The molecule has 1 aromatic rings. The lowest BCUT2D eigenvalue weighted by atomic mass is 9.98. The summed E-state index contributed by atoms with van der Waals surface area (Å²) in [5, 5.41) is 0.704. The molecular weight excluding hydrogens is 299 g/mol. The third-order valence-electron chi connectivity index (χ3n) is 3.89. The van der Waals surface area contributed by atoms with Crippen LogP contribution in [0.15, 0.2) is 18.2 Å². The first-order chi connectivity index (χ1) is 9.59. The predicted octanol–water partition coefficient (Wildman–Crippen LogP) is 2.72. The van der Waals surface area contributed by atoms with Crippen molar-refractivity contribution in [1.29, 1.82) is 0 Å². The Morgan fingerprint density at radius 1 is 1.15 bits per heavy atom. The van der Waals surface area contributed by atoms with E-state index in [0.717, 1.165) is 19.3 Å². The first kappa shape index (κ1) is 13.7. The number of nitrogens with zero attached hydrogens (tertiary/aromatic N) is 2. The van der Waals surface area contributed by atoms with Gasteiger partial charge in [-0.3, -0.25) is 14.5 Å². The molecule has 2 heterocycles. The quantitative estimate of drug-likeness (QED) is 0.800. The molecule has 3 rings (SSSR count). The SMILES string of the molecule is O=C1C2CCCCN2C(=O)CN1c1cccc(Cl)c1Cl. The van der Waals surface area contributed by atoms with Crippen LogP contribution in [0.25, 0.3) is 0 Å². The molecule has 2 saturated heterocycles. The molecule has 2 aliphatic rings. The summed E-state index contributed by atoms with van der Waals surface area (Å²) in [6, 6.07) is 4.77. The molecule has 106 valence electrons. The number of piperidine rings is 1. The average molecular weight is 313 g/mol. The Labute approximate surface area is 127 Å². The highest BCUT2D eigenvalue weighted by atomic mass is 35.5. The van der Waals surface area contributed by atoms with Crippen LogP contribution in [0.3, 0.4) is 0 Å². The van der Waals surface area contributed by atoms with E-state index in [1.807, 2.05) is 0 Å². The normalized spacial score (nSPS) is 23.0. The maximum atomic E-state index is 12.6. The highest BCUT2D eigenvalue weighted by Gasteiger charge is 2.41. The number of fused-ring (bicyclic) bond motifs is 1. The summed E-state index contributed by atoms with van der Waals surface area (Å²) in [5.41, 5.74) is 0.516. The van der Waals surface area contributed by atoms with Gasteiger partial charge in [-0.2, -0.15) is 0 Å². The number of amides is 2. The van der Waals surface area contributed by atoms with E-state index in [9.17, 15) is 9.59 Å². The fourth-order valence-corrected chi connectivity index (χ4v) is 3.27. The van der Waals surface area contributed by atoms with E-state index in [1.165, 1.54) is 4.90 Å². The van der Waals surface area contributed by atoms with Crippen molar-refractivity contribution in [2.75, 3.05) is 18.0 Å². The zero-order valence-corrected chi connectivity index (χ0v) is 12.3. The second-order valence-electron chi connectivity index (χ2n) is 5.10. The lowest BCUT2D eigenvalue weighted by Crippen LogP contribution is -2.61. The predicted molar refractivity (Wildman–Crippen MR) is 78.2 cm³/mol. The van der Waals surface area contributed by atoms with Crippen LogP contribution in [-0.2, 0) is 9.59 Å². The Hall–Kier alpha value is -1.26. The maximum Gasteiger partial charge on any atom is 0.250 e. The van der Waals surface area contributed by atoms with Gasteiger partial charge in [0.25, 0.3) is 0 Å². The Balaban J connectivity index is 1.96. The van der Waals surface area contributed by atoms with E-state index in [0.29, 0.717) is 22.3 Å². The molecule has 2 aliphatic heterocycles. The van der Waals surface area contributed by atoms with Crippen LogP contribution in [-0.4, -0.2) is 35.8 Å². The Kier molecular flexibility index (Phi) is 3.61. The average Bonchev–Trinajstić information content (AvgIpc) is 2.46. The van der Waals surface area contributed by atoms with Crippen molar-refractivity contribution in [2.24, 2.45) is 0 Å². The summed E-state index contributed by atoms with van der Waals surface area (Å²) >= 11 is 12.2. The second-order valence-corrected chi connectivity index (χ2v) is 5.88. The second kappa shape index (κ2) is 5.26. The number of carbonyl (C=O) groups excluding carboxylic acids is 2. The number of halogens is 2. The maximum absolute atomic E-state index is 12.6. The van der Waals surface area contributed by atoms with Gasteiger partial charge in [0.05, 0.1) is 15.7 Å². The number of benzene rings is 1. The molecule has 0 spiro atoms. The fourth-order valence-electron chi connectivity index (χ4n) is 2.88. The van der Waals surface area contributed by atoms with E-state index in [-0.39, 0.29) is 24.4 Å². The topological polar surface area (TPSA) is 40.6 Å². The molecule has 0 saturated carbocycles. The van der Waals surface area contributed by atoms with Gasteiger partial charge in [-0.05, 0) is 31.4 Å². The summed E-state index contributed by atoms with van der Waals surface area (Å²) in [6.07, 6.45) is 2.66. The number of anilines is 1. The molecule has 2 fully saturated rings. The zero-order valence-electron chi connectivity index (χ0n) is 10.8. The van der Waals surface area contributed by atoms with Gasteiger partial charge >= 0.3 is 0 Å². The number of piperazine rings is 1. The molecule has 4 nitrogen and oxygen atoms in total. The monoisotopic (exact) mass is 312 g/mol. The van der Waals surface area contributed by atoms with E-state index in [2.05, 4.69) is 0 Å². The summed E-state index contributed by atoms with van der Waals surface area (Å²) < 4.78 is 0. The van der Waals surface area contributed by atoms with Gasteiger partial charge in [0.1, 0.15) is 12.6 Å². The van der Waals surface area contributed by atoms with Crippen molar-refractivity contribution < 1.29 is 9.59 Å². The summed E-state index contributed by atoms with van der Waals surface area (Å²) in [6.45, 7) is 0.710. The van der Waals surface area contributed by atoms with Crippen LogP contribution >= 0.6 is 23.2 Å². The summed E-state index contributed by atoms with van der Waals surface area (Å²) in [4.78, 5) is 28.0.